The highest BCUT2D eigenvalue weighted by molar-refractivity contribution is 9.10. The van der Waals surface area contributed by atoms with Crippen molar-refractivity contribution in [3.05, 3.63) is 38.8 Å². The van der Waals surface area contributed by atoms with Crippen molar-refractivity contribution >= 4 is 38.8 Å². The fourth-order valence-electron chi connectivity index (χ4n) is 4.85. The van der Waals surface area contributed by atoms with Crippen molar-refractivity contribution in [3.63, 3.8) is 0 Å². The molecular weight excluding hydrogens is 414 g/mol. The summed E-state index contributed by atoms with van der Waals surface area (Å²) < 4.78 is 6.86. The fourth-order valence-corrected chi connectivity index (χ4v) is 6.37. The molecule has 0 spiro atoms. The Morgan fingerprint density at radius 2 is 1.77 bits per heavy atom. The minimum Gasteiger partial charge on any atom is -0.373 e. The van der Waals surface area contributed by atoms with Crippen LogP contribution in [-0.2, 0) is 14.3 Å². The first kappa shape index (κ1) is 16.8. The summed E-state index contributed by atoms with van der Waals surface area (Å²) in [6.45, 7) is 4.01. The molecule has 26 heavy (non-hydrogen) atoms. The lowest BCUT2D eigenvalue weighted by atomic mass is 9.81. The normalized spacial score (nSPS) is 32.5. The highest BCUT2D eigenvalue weighted by Crippen LogP contribution is 2.52. The van der Waals surface area contributed by atoms with E-state index in [2.05, 4.69) is 22.0 Å². The molecule has 0 amide bonds. The maximum Gasteiger partial charge on any atom is 0.155 e. The van der Waals surface area contributed by atoms with Crippen LogP contribution < -0.4 is 0 Å². The maximum absolute atomic E-state index is 13.1. The van der Waals surface area contributed by atoms with Gasteiger partial charge < -0.3 is 4.74 Å². The molecule has 1 saturated carbocycles. The molecule has 5 atom stereocenters. The van der Waals surface area contributed by atoms with E-state index in [9.17, 15) is 9.59 Å². The second-order valence-corrected chi connectivity index (χ2v) is 9.62. The van der Waals surface area contributed by atoms with E-state index in [1.165, 1.54) is 0 Å². The van der Waals surface area contributed by atoms with Crippen LogP contribution in [0, 0.1) is 25.7 Å². The summed E-state index contributed by atoms with van der Waals surface area (Å²) in [5.41, 5.74) is 2.83. The summed E-state index contributed by atoms with van der Waals surface area (Å²) >= 11 is 5.05. The molecule has 1 aromatic heterocycles. The van der Waals surface area contributed by atoms with E-state index < -0.39 is 5.92 Å². The molecule has 2 aliphatic heterocycles. The van der Waals surface area contributed by atoms with Crippen molar-refractivity contribution in [2.75, 3.05) is 0 Å². The number of fused-ring (bicyclic) bond motifs is 5. The fraction of sp³-hybridized carbons (Fsp3) is 0.450. The average Bonchev–Trinajstić information content (AvgIpc) is 3.33. The third-order valence-electron chi connectivity index (χ3n) is 6.02. The summed E-state index contributed by atoms with van der Waals surface area (Å²) in [7, 11) is 0. The summed E-state index contributed by atoms with van der Waals surface area (Å²) in [5.74, 6) is -1.13. The molecule has 3 fully saturated rings. The number of carbonyl (C=O) groups excluding carboxylic acids is 2. The number of benzene rings is 1. The van der Waals surface area contributed by atoms with Gasteiger partial charge in [0, 0.05) is 14.9 Å². The summed E-state index contributed by atoms with van der Waals surface area (Å²) in [6.07, 6.45) is 1.69. The van der Waals surface area contributed by atoms with E-state index in [4.69, 9.17) is 9.72 Å². The van der Waals surface area contributed by atoms with Gasteiger partial charge in [0.25, 0.3) is 0 Å². The predicted octanol–water partition coefficient (Wildman–Crippen LogP) is 4.22. The Morgan fingerprint density at radius 1 is 1.12 bits per heavy atom. The molecule has 1 aromatic carbocycles. The Labute approximate surface area is 164 Å². The number of Topliss-reactive ketones (excluding diaryl/α,β-unsaturated/α-hetero) is 2. The minimum absolute atomic E-state index is 0.0275. The van der Waals surface area contributed by atoms with Crippen molar-refractivity contribution in [1.29, 1.82) is 0 Å². The van der Waals surface area contributed by atoms with E-state index in [1.807, 2.05) is 26.0 Å². The molecule has 4 nitrogen and oxygen atoms in total. The highest BCUT2D eigenvalue weighted by Gasteiger charge is 2.63. The third-order valence-corrected chi connectivity index (χ3v) is 7.54. The van der Waals surface area contributed by atoms with Crippen LogP contribution in [-0.4, -0.2) is 28.8 Å². The van der Waals surface area contributed by atoms with Crippen LogP contribution in [0.4, 0.5) is 0 Å². The van der Waals surface area contributed by atoms with Gasteiger partial charge in [0.1, 0.15) is 10.9 Å². The van der Waals surface area contributed by atoms with Gasteiger partial charge in [-0.2, -0.15) is 0 Å². The first-order valence-corrected chi connectivity index (χ1v) is 10.5. The summed E-state index contributed by atoms with van der Waals surface area (Å²) in [5, 5.41) is 0.874. The Balaban J connectivity index is 1.54. The van der Waals surface area contributed by atoms with Crippen molar-refractivity contribution in [2.24, 2.45) is 11.8 Å². The molecule has 0 radical (unpaired) electrons. The molecule has 6 heteroatoms. The standard InChI is InChI=1S/C20H18BrNO3S/c1-8-7-10(21)3-4-11(8)20-22-17(9(2)26-20)16-18(23)14-12-5-6-13(25-12)15(14)19(16)24/h3-4,7,12-16H,5-6H2,1-2H3/t12-,13+,14+,15-,16?. The van der Waals surface area contributed by atoms with Crippen LogP contribution in [0.1, 0.15) is 34.9 Å². The number of hydrogen-bond acceptors (Lipinski definition) is 5. The number of aromatic nitrogens is 1. The average molecular weight is 432 g/mol. The third kappa shape index (κ3) is 2.25. The van der Waals surface area contributed by atoms with Crippen LogP contribution in [0.2, 0.25) is 0 Å². The van der Waals surface area contributed by atoms with Gasteiger partial charge in [-0.3, -0.25) is 9.59 Å². The monoisotopic (exact) mass is 431 g/mol. The van der Waals surface area contributed by atoms with E-state index >= 15 is 0 Å². The largest absolute Gasteiger partial charge is 0.373 e. The summed E-state index contributed by atoms with van der Waals surface area (Å²) in [6, 6.07) is 6.07. The Morgan fingerprint density at radius 3 is 2.38 bits per heavy atom. The molecule has 2 saturated heterocycles. The maximum atomic E-state index is 13.1. The topological polar surface area (TPSA) is 56.3 Å². The highest BCUT2D eigenvalue weighted by atomic mass is 79.9. The molecule has 2 aromatic rings. The van der Waals surface area contributed by atoms with Gasteiger partial charge in [-0.05, 0) is 44.4 Å². The zero-order chi connectivity index (χ0) is 18.2. The van der Waals surface area contributed by atoms with E-state index in [1.54, 1.807) is 11.3 Å². The molecule has 5 rings (SSSR count). The molecule has 2 bridgehead atoms. The lowest BCUT2D eigenvalue weighted by molar-refractivity contribution is -0.127. The first-order valence-electron chi connectivity index (χ1n) is 8.92. The van der Waals surface area contributed by atoms with Crippen molar-refractivity contribution in [3.8, 4) is 10.6 Å². The number of thiazole rings is 1. The van der Waals surface area contributed by atoms with Gasteiger partial charge in [0.05, 0.1) is 29.7 Å². The second-order valence-electron chi connectivity index (χ2n) is 7.50. The molecule has 0 N–H and O–H groups in total. The first-order chi connectivity index (χ1) is 12.5. The number of hydrogen-bond donors (Lipinski definition) is 0. The number of rotatable bonds is 2. The number of ketones is 2. The van der Waals surface area contributed by atoms with Crippen molar-refractivity contribution < 1.29 is 14.3 Å². The van der Waals surface area contributed by atoms with Gasteiger partial charge in [-0.1, -0.05) is 22.0 Å². The predicted molar refractivity (Wildman–Crippen MR) is 102 cm³/mol. The van der Waals surface area contributed by atoms with Gasteiger partial charge in [0.15, 0.2) is 11.6 Å². The number of ether oxygens (including phenoxy) is 1. The SMILES string of the molecule is Cc1cc(Br)ccc1-c1nc(C2C(=O)[C@@H]3[C@H](C2=O)[C@@H]2CC[C@H]3O2)c(C)s1. The Kier molecular flexibility index (Phi) is 3.75. The van der Waals surface area contributed by atoms with Gasteiger partial charge >= 0.3 is 0 Å². The number of aryl methyl sites for hydroxylation is 2. The summed E-state index contributed by atoms with van der Waals surface area (Å²) in [4.78, 5) is 31.8. The van der Waals surface area contributed by atoms with Crippen LogP contribution in [0.5, 0.6) is 0 Å². The quantitative estimate of drug-likeness (QED) is 0.667. The zero-order valence-electron chi connectivity index (χ0n) is 14.5. The Bertz CT molecular complexity index is 925. The number of carbonyl (C=O) groups is 2. The van der Waals surface area contributed by atoms with Crippen LogP contribution in [0.25, 0.3) is 10.6 Å². The zero-order valence-corrected chi connectivity index (χ0v) is 16.9. The van der Waals surface area contributed by atoms with Crippen LogP contribution in [0.3, 0.4) is 0 Å². The molecule has 1 unspecified atom stereocenters. The Hall–Kier alpha value is -1.37. The minimum atomic E-state index is -0.697. The molecule has 3 aliphatic rings. The van der Waals surface area contributed by atoms with Gasteiger partial charge in [-0.25, -0.2) is 4.98 Å². The van der Waals surface area contributed by atoms with E-state index in [0.29, 0.717) is 5.69 Å². The number of nitrogens with zero attached hydrogens (tertiary/aromatic N) is 1. The van der Waals surface area contributed by atoms with Gasteiger partial charge in [0.2, 0.25) is 0 Å². The molecule has 134 valence electrons. The lowest BCUT2D eigenvalue weighted by Gasteiger charge is -2.16. The lowest BCUT2D eigenvalue weighted by Crippen LogP contribution is -2.29. The van der Waals surface area contributed by atoms with E-state index in [0.717, 1.165) is 38.3 Å². The molecule has 3 heterocycles. The van der Waals surface area contributed by atoms with Crippen LogP contribution in [0.15, 0.2) is 22.7 Å². The molecular formula is C20H18BrNO3S. The van der Waals surface area contributed by atoms with Crippen molar-refractivity contribution in [2.45, 2.75) is 44.8 Å². The number of halogens is 1. The molecule has 1 aliphatic carbocycles. The van der Waals surface area contributed by atoms with E-state index in [-0.39, 0.29) is 35.6 Å². The smallest absolute Gasteiger partial charge is 0.155 e. The van der Waals surface area contributed by atoms with Crippen LogP contribution >= 0.6 is 27.3 Å². The van der Waals surface area contributed by atoms with Crippen molar-refractivity contribution in [1.82, 2.24) is 4.98 Å². The second kappa shape index (κ2) is 5.81. The van der Waals surface area contributed by atoms with Gasteiger partial charge in [-0.15, -0.1) is 11.3 Å².